The van der Waals surface area contributed by atoms with Crippen molar-refractivity contribution in [3.8, 4) is 22.8 Å². The molecule has 0 aliphatic carbocycles. The Balaban J connectivity index is 1.41. The maximum absolute atomic E-state index is 13.4. The first-order valence-corrected chi connectivity index (χ1v) is 16.0. The fraction of sp³-hybridized carbons (Fsp3) is 0.405. The van der Waals surface area contributed by atoms with E-state index in [1.807, 2.05) is 22.9 Å². The average molecular weight is 610 g/mol. The summed E-state index contributed by atoms with van der Waals surface area (Å²) in [5, 5.41) is 14.6. The van der Waals surface area contributed by atoms with Gasteiger partial charge in [0.25, 0.3) is 0 Å². The second-order valence-corrected chi connectivity index (χ2v) is 12.7. The van der Waals surface area contributed by atoms with E-state index in [4.69, 9.17) is 10.8 Å². The average Bonchev–Trinajstić information content (AvgIpc) is 3.45. The fourth-order valence-corrected chi connectivity index (χ4v) is 5.47. The number of pyridine rings is 1. The summed E-state index contributed by atoms with van der Waals surface area (Å²) in [7, 11) is 0. The number of unbranched alkanes of at least 4 members (excludes halogenated alkanes) is 3. The van der Waals surface area contributed by atoms with E-state index >= 15 is 0 Å². The number of hydrogen-bond acceptors (Lipinski definition) is 5. The van der Waals surface area contributed by atoms with Gasteiger partial charge in [0.15, 0.2) is 0 Å². The van der Waals surface area contributed by atoms with Crippen LogP contribution < -0.4 is 5.73 Å². The number of carbonyl (C=O) groups excluding carboxylic acids is 2. The number of aromatic nitrogens is 3. The zero-order chi connectivity index (χ0) is 32.4. The Bertz CT molecular complexity index is 1520. The Hall–Kier alpha value is -4.46. The highest BCUT2D eigenvalue weighted by atomic mass is 16.3. The predicted octanol–water partition coefficient (Wildman–Crippen LogP) is 6.77. The van der Waals surface area contributed by atoms with Crippen molar-refractivity contribution in [1.82, 2.24) is 19.7 Å². The van der Waals surface area contributed by atoms with Crippen molar-refractivity contribution >= 4 is 11.8 Å². The molecule has 2 heterocycles. The minimum atomic E-state index is -0.724. The molecule has 238 valence electrons. The molecular weight excluding hydrogens is 562 g/mol. The van der Waals surface area contributed by atoms with Crippen LogP contribution >= 0.6 is 0 Å². The van der Waals surface area contributed by atoms with Gasteiger partial charge in [-0.25, -0.2) is 4.68 Å². The van der Waals surface area contributed by atoms with E-state index in [1.54, 1.807) is 35.4 Å². The molecule has 0 spiro atoms. The standard InChI is InChI=1S/C37H47N5O3/c1-5-6-24-41(34(36(38)45)25-27-15-21-31(43)22-16-27)35(44)14-9-7-8-12-30-26-33(32-13-10-11-23-39-32)40-42(30)29-19-17-28(18-20-29)37(2,3)4/h10-11,13,15-23,26,34,43H,5-9,12,14,24-25H2,1-4H3,(H2,38,45)/t34-/m0/s1. The summed E-state index contributed by atoms with van der Waals surface area (Å²) >= 11 is 0. The number of amides is 2. The highest BCUT2D eigenvalue weighted by Gasteiger charge is 2.28. The lowest BCUT2D eigenvalue weighted by Gasteiger charge is -2.30. The molecule has 4 rings (SSSR count). The number of carbonyl (C=O) groups is 2. The highest BCUT2D eigenvalue weighted by molar-refractivity contribution is 5.87. The Morgan fingerprint density at radius 2 is 1.67 bits per heavy atom. The smallest absolute Gasteiger partial charge is 0.240 e. The topological polar surface area (TPSA) is 114 Å². The molecule has 0 unspecified atom stereocenters. The maximum atomic E-state index is 13.4. The molecule has 4 aromatic rings. The first kappa shape index (κ1) is 33.4. The molecule has 2 aromatic heterocycles. The molecule has 3 N–H and O–H groups in total. The molecule has 1 atom stereocenters. The number of benzene rings is 2. The summed E-state index contributed by atoms with van der Waals surface area (Å²) in [5.41, 5.74) is 11.8. The van der Waals surface area contributed by atoms with Crippen LogP contribution in [0.2, 0.25) is 0 Å². The number of nitrogens with two attached hydrogens (primary N) is 1. The third-order valence-electron chi connectivity index (χ3n) is 8.15. The van der Waals surface area contributed by atoms with Crippen LogP contribution in [0.25, 0.3) is 17.1 Å². The number of aryl methyl sites for hydroxylation is 1. The Morgan fingerprint density at radius 1 is 0.933 bits per heavy atom. The van der Waals surface area contributed by atoms with E-state index in [9.17, 15) is 14.7 Å². The van der Waals surface area contributed by atoms with Crippen LogP contribution in [0.5, 0.6) is 5.75 Å². The number of hydrogen-bond donors (Lipinski definition) is 2. The van der Waals surface area contributed by atoms with E-state index in [0.29, 0.717) is 25.8 Å². The molecule has 8 heteroatoms. The van der Waals surface area contributed by atoms with E-state index in [1.165, 1.54) is 5.56 Å². The minimum Gasteiger partial charge on any atom is -0.508 e. The number of nitrogens with zero attached hydrogens (tertiary/aromatic N) is 4. The first-order valence-electron chi connectivity index (χ1n) is 16.0. The van der Waals surface area contributed by atoms with Crippen LogP contribution in [0.1, 0.15) is 83.0 Å². The van der Waals surface area contributed by atoms with Crippen LogP contribution in [0.15, 0.2) is 79.0 Å². The van der Waals surface area contributed by atoms with Crippen molar-refractivity contribution in [3.05, 3.63) is 95.8 Å². The van der Waals surface area contributed by atoms with E-state index in [-0.39, 0.29) is 17.1 Å². The largest absolute Gasteiger partial charge is 0.508 e. The van der Waals surface area contributed by atoms with Gasteiger partial charge in [-0.2, -0.15) is 5.10 Å². The molecule has 0 radical (unpaired) electrons. The monoisotopic (exact) mass is 609 g/mol. The molecular formula is C37H47N5O3. The molecule has 0 aliphatic rings. The van der Waals surface area contributed by atoms with Crippen LogP contribution in [0, 0.1) is 0 Å². The van der Waals surface area contributed by atoms with Gasteiger partial charge in [0.1, 0.15) is 17.5 Å². The van der Waals surface area contributed by atoms with Gasteiger partial charge in [-0.05, 0) is 84.7 Å². The quantitative estimate of drug-likeness (QED) is 0.145. The molecule has 8 nitrogen and oxygen atoms in total. The van der Waals surface area contributed by atoms with Crippen LogP contribution in [0.3, 0.4) is 0 Å². The third-order valence-corrected chi connectivity index (χ3v) is 8.15. The van der Waals surface area contributed by atoms with Crippen LogP contribution in [-0.2, 0) is 27.8 Å². The van der Waals surface area contributed by atoms with E-state index < -0.39 is 11.9 Å². The second kappa shape index (κ2) is 15.5. The van der Waals surface area contributed by atoms with Crippen molar-refractivity contribution in [2.24, 2.45) is 5.73 Å². The van der Waals surface area contributed by atoms with Gasteiger partial charge in [0.05, 0.1) is 11.4 Å². The summed E-state index contributed by atoms with van der Waals surface area (Å²) in [6, 6.07) is 22.5. The predicted molar refractivity (Wildman–Crippen MR) is 179 cm³/mol. The van der Waals surface area contributed by atoms with Gasteiger partial charge in [-0.1, -0.05) is 70.9 Å². The number of phenols is 1. The Labute approximate surface area is 267 Å². The first-order chi connectivity index (χ1) is 21.6. The van der Waals surface area contributed by atoms with Crippen LogP contribution in [-0.4, -0.2) is 49.2 Å². The lowest BCUT2D eigenvalue weighted by molar-refractivity contribution is -0.139. The lowest BCUT2D eigenvalue weighted by Crippen LogP contribution is -2.49. The zero-order valence-corrected chi connectivity index (χ0v) is 27.1. The van der Waals surface area contributed by atoms with Crippen molar-refractivity contribution in [1.29, 1.82) is 0 Å². The summed E-state index contributed by atoms with van der Waals surface area (Å²) in [6.07, 6.45) is 7.43. The van der Waals surface area contributed by atoms with Gasteiger partial charge < -0.3 is 15.7 Å². The number of primary amides is 1. The normalized spacial score (nSPS) is 12.2. The van der Waals surface area contributed by atoms with Gasteiger partial charge in [0.2, 0.25) is 11.8 Å². The van der Waals surface area contributed by atoms with E-state index in [0.717, 1.165) is 60.4 Å². The Morgan fingerprint density at radius 3 is 2.29 bits per heavy atom. The second-order valence-electron chi connectivity index (χ2n) is 12.7. The van der Waals surface area contributed by atoms with Crippen molar-refractivity contribution in [2.75, 3.05) is 6.54 Å². The number of phenolic OH excluding ortho intramolecular Hbond substituents is 1. The molecule has 2 aromatic carbocycles. The molecule has 0 saturated heterocycles. The minimum absolute atomic E-state index is 0.0487. The SMILES string of the molecule is CCCCN(C(=O)CCCCCc1cc(-c2ccccn2)nn1-c1ccc(C(C)(C)C)cc1)[C@@H](Cc1ccc(O)cc1)C(N)=O. The number of rotatable bonds is 15. The molecule has 2 amide bonds. The van der Waals surface area contributed by atoms with Crippen molar-refractivity contribution in [2.45, 2.75) is 90.5 Å². The molecule has 0 bridgehead atoms. The van der Waals surface area contributed by atoms with Crippen molar-refractivity contribution < 1.29 is 14.7 Å². The maximum Gasteiger partial charge on any atom is 0.240 e. The van der Waals surface area contributed by atoms with Gasteiger partial charge in [0, 0.05) is 31.3 Å². The van der Waals surface area contributed by atoms with Crippen LogP contribution in [0.4, 0.5) is 0 Å². The summed E-state index contributed by atoms with van der Waals surface area (Å²) in [4.78, 5) is 32.1. The summed E-state index contributed by atoms with van der Waals surface area (Å²) < 4.78 is 2.01. The molecule has 0 saturated carbocycles. The van der Waals surface area contributed by atoms with Crippen molar-refractivity contribution in [3.63, 3.8) is 0 Å². The molecule has 0 fully saturated rings. The third kappa shape index (κ3) is 9.27. The Kier molecular flexibility index (Phi) is 11.5. The number of aromatic hydroxyl groups is 1. The van der Waals surface area contributed by atoms with Gasteiger partial charge in [-0.15, -0.1) is 0 Å². The summed E-state index contributed by atoms with van der Waals surface area (Å²) in [5.74, 6) is -0.407. The fourth-order valence-electron chi connectivity index (χ4n) is 5.47. The van der Waals surface area contributed by atoms with E-state index in [2.05, 4.69) is 63.0 Å². The zero-order valence-electron chi connectivity index (χ0n) is 27.1. The summed E-state index contributed by atoms with van der Waals surface area (Å²) in [6.45, 7) is 9.17. The molecule has 45 heavy (non-hydrogen) atoms. The van der Waals surface area contributed by atoms with Gasteiger partial charge >= 0.3 is 0 Å². The lowest BCUT2D eigenvalue weighted by atomic mass is 9.87. The highest BCUT2D eigenvalue weighted by Crippen LogP contribution is 2.26. The molecule has 0 aliphatic heterocycles. The van der Waals surface area contributed by atoms with Gasteiger partial charge in [-0.3, -0.25) is 14.6 Å².